The van der Waals surface area contributed by atoms with Crippen LogP contribution < -0.4 is 0 Å². The lowest BCUT2D eigenvalue weighted by molar-refractivity contribution is 0.519. The lowest BCUT2D eigenvalue weighted by Crippen LogP contribution is -2.16. The molecule has 0 aromatic heterocycles. The molecule has 0 atom stereocenters. The van der Waals surface area contributed by atoms with E-state index in [1.165, 1.54) is 35.1 Å². The Morgan fingerprint density at radius 1 is 1.19 bits per heavy atom. The summed E-state index contributed by atoms with van der Waals surface area (Å²) in [4.78, 5) is 0. The first-order chi connectivity index (χ1) is 7.22. The first-order valence-corrected chi connectivity index (χ1v) is 6.22. The van der Waals surface area contributed by atoms with Crippen LogP contribution in [-0.2, 0) is 17.3 Å². The van der Waals surface area contributed by atoms with Gasteiger partial charge in [0.05, 0.1) is 0 Å². The maximum absolute atomic E-state index is 4.23. The molecule has 0 heterocycles. The van der Waals surface area contributed by atoms with Crippen molar-refractivity contribution in [1.82, 2.24) is 0 Å². The molecule has 0 amide bonds. The van der Waals surface area contributed by atoms with Crippen LogP contribution in [0.4, 0.5) is 0 Å². The van der Waals surface area contributed by atoms with Crippen LogP contribution in [0.15, 0.2) is 12.1 Å². The summed E-state index contributed by atoms with van der Waals surface area (Å²) in [6.07, 6.45) is 2.46. The normalized spacial score (nSPS) is 18.6. The van der Waals surface area contributed by atoms with Gasteiger partial charge in [0.1, 0.15) is 0 Å². The lowest BCUT2D eigenvalue weighted by Gasteiger charge is -2.25. The van der Waals surface area contributed by atoms with Crippen molar-refractivity contribution in [2.75, 3.05) is 0 Å². The van der Waals surface area contributed by atoms with Crippen molar-refractivity contribution < 1.29 is 0 Å². The van der Waals surface area contributed by atoms with Crippen molar-refractivity contribution in [3.05, 3.63) is 41.3 Å². The van der Waals surface area contributed by atoms with Gasteiger partial charge in [0.2, 0.25) is 0 Å². The fourth-order valence-corrected chi connectivity index (χ4v) is 2.64. The number of fused-ring (bicyclic) bond motifs is 1. The van der Waals surface area contributed by atoms with E-state index in [2.05, 4.69) is 53.7 Å². The number of benzene rings is 1. The maximum Gasteiger partial charge on any atom is -0.00975 e. The second kappa shape index (κ2) is 3.35. The van der Waals surface area contributed by atoms with Crippen molar-refractivity contribution in [3.63, 3.8) is 0 Å². The minimum absolute atomic E-state index is 0.222. The summed E-state index contributed by atoms with van der Waals surface area (Å²) in [7, 11) is 0. The molecule has 1 radical (unpaired) electrons. The summed E-state index contributed by atoms with van der Waals surface area (Å²) in [5.74, 6) is 0. The Morgan fingerprint density at radius 3 is 2.38 bits per heavy atom. The Balaban J connectivity index is 2.62. The molecule has 2 rings (SSSR count). The molecule has 87 valence electrons. The Hall–Kier alpha value is -0.780. The van der Waals surface area contributed by atoms with Gasteiger partial charge in [-0.25, -0.2) is 0 Å². The molecule has 1 aromatic rings. The molecular weight excluding hydrogens is 192 g/mol. The van der Waals surface area contributed by atoms with Gasteiger partial charge in [-0.2, -0.15) is 0 Å². The SMILES string of the molecule is [CH2]c1cc(C(C)(C)C)cc2c1CCC2(C)C. The Labute approximate surface area is 100 Å². The van der Waals surface area contributed by atoms with Crippen LogP contribution in [0.25, 0.3) is 0 Å². The lowest BCUT2D eigenvalue weighted by atomic mass is 9.80. The number of rotatable bonds is 0. The van der Waals surface area contributed by atoms with Gasteiger partial charge in [0, 0.05) is 0 Å². The largest absolute Gasteiger partial charge is 0.0561 e. The minimum Gasteiger partial charge on any atom is -0.0561 e. The van der Waals surface area contributed by atoms with Crippen LogP contribution in [0, 0.1) is 6.92 Å². The standard InChI is InChI=1S/C16H23/c1-11-9-12(15(2,3)4)10-14-13(11)7-8-16(14,5)6/h9-10H,1,7-8H2,2-6H3. The topological polar surface area (TPSA) is 0 Å². The van der Waals surface area contributed by atoms with E-state index in [-0.39, 0.29) is 5.41 Å². The van der Waals surface area contributed by atoms with E-state index in [0.717, 1.165) is 0 Å². The molecule has 0 spiro atoms. The van der Waals surface area contributed by atoms with Gasteiger partial charge in [-0.15, -0.1) is 0 Å². The van der Waals surface area contributed by atoms with Gasteiger partial charge in [-0.3, -0.25) is 0 Å². The molecular formula is C16H23. The molecule has 0 bridgehead atoms. The van der Waals surface area contributed by atoms with Gasteiger partial charge >= 0.3 is 0 Å². The van der Waals surface area contributed by atoms with Crippen LogP contribution in [0.5, 0.6) is 0 Å². The highest BCUT2D eigenvalue weighted by Crippen LogP contribution is 2.41. The summed E-state index contributed by atoms with van der Waals surface area (Å²) < 4.78 is 0. The second-order valence-electron chi connectivity index (χ2n) is 6.80. The van der Waals surface area contributed by atoms with Crippen molar-refractivity contribution in [1.29, 1.82) is 0 Å². The van der Waals surface area contributed by atoms with Crippen molar-refractivity contribution >= 4 is 0 Å². The van der Waals surface area contributed by atoms with E-state index < -0.39 is 0 Å². The first kappa shape index (κ1) is 11.7. The van der Waals surface area contributed by atoms with Gasteiger partial charge in [0.15, 0.2) is 0 Å². The first-order valence-electron chi connectivity index (χ1n) is 6.22. The molecule has 0 nitrogen and oxygen atoms in total. The van der Waals surface area contributed by atoms with Crippen LogP contribution >= 0.6 is 0 Å². The molecule has 0 saturated carbocycles. The van der Waals surface area contributed by atoms with Crippen molar-refractivity contribution in [2.24, 2.45) is 0 Å². The molecule has 16 heavy (non-hydrogen) atoms. The number of hydrogen-bond donors (Lipinski definition) is 0. The van der Waals surface area contributed by atoms with Crippen LogP contribution in [0.1, 0.15) is 63.3 Å². The fourth-order valence-electron chi connectivity index (χ4n) is 2.64. The third kappa shape index (κ3) is 1.79. The minimum atomic E-state index is 0.222. The predicted octanol–water partition coefficient (Wildman–Crippen LogP) is 4.39. The smallest absolute Gasteiger partial charge is 0.00975 e. The average molecular weight is 215 g/mol. The van der Waals surface area contributed by atoms with E-state index >= 15 is 0 Å². The van der Waals surface area contributed by atoms with Crippen LogP contribution in [-0.4, -0.2) is 0 Å². The molecule has 1 aliphatic rings. The molecule has 0 N–H and O–H groups in total. The Bertz CT molecular complexity index is 416. The van der Waals surface area contributed by atoms with E-state index in [0.29, 0.717) is 5.41 Å². The van der Waals surface area contributed by atoms with Crippen molar-refractivity contribution in [2.45, 2.75) is 58.3 Å². The van der Waals surface area contributed by atoms with Crippen molar-refractivity contribution in [3.8, 4) is 0 Å². The second-order valence-corrected chi connectivity index (χ2v) is 6.80. The zero-order chi connectivity index (χ0) is 12.1. The van der Waals surface area contributed by atoms with Gasteiger partial charge in [-0.1, -0.05) is 46.8 Å². The third-order valence-electron chi connectivity index (χ3n) is 3.94. The average Bonchev–Trinajstić information content (AvgIpc) is 2.41. The van der Waals surface area contributed by atoms with E-state index in [1.807, 2.05) is 0 Å². The van der Waals surface area contributed by atoms with E-state index in [9.17, 15) is 0 Å². The highest BCUT2D eigenvalue weighted by Gasteiger charge is 2.32. The highest BCUT2D eigenvalue weighted by molar-refractivity contribution is 5.49. The molecule has 0 fully saturated rings. The van der Waals surface area contributed by atoms with Gasteiger partial charge in [-0.05, 0) is 52.8 Å². The molecule has 0 aliphatic heterocycles. The molecule has 0 saturated heterocycles. The third-order valence-corrected chi connectivity index (χ3v) is 3.94. The van der Waals surface area contributed by atoms with Gasteiger partial charge < -0.3 is 0 Å². The quantitative estimate of drug-likeness (QED) is 0.602. The summed E-state index contributed by atoms with van der Waals surface area (Å²) in [6, 6.07) is 4.69. The highest BCUT2D eigenvalue weighted by atomic mass is 14.4. The summed E-state index contributed by atoms with van der Waals surface area (Å²) in [6.45, 7) is 15.8. The molecule has 0 unspecified atom stereocenters. The predicted molar refractivity (Wildman–Crippen MR) is 70.9 cm³/mol. The van der Waals surface area contributed by atoms with Crippen LogP contribution in [0.3, 0.4) is 0 Å². The number of hydrogen-bond acceptors (Lipinski definition) is 0. The maximum atomic E-state index is 4.23. The summed E-state index contributed by atoms with van der Waals surface area (Å²) >= 11 is 0. The zero-order valence-electron chi connectivity index (χ0n) is 11.3. The van der Waals surface area contributed by atoms with Gasteiger partial charge in [0.25, 0.3) is 0 Å². The Morgan fingerprint density at radius 2 is 1.81 bits per heavy atom. The van der Waals surface area contributed by atoms with E-state index in [1.54, 1.807) is 0 Å². The molecule has 1 aromatic carbocycles. The fraction of sp³-hybridized carbons (Fsp3) is 0.562. The van der Waals surface area contributed by atoms with Crippen LogP contribution in [0.2, 0.25) is 0 Å². The molecule has 0 heteroatoms. The van der Waals surface area contributed by atoms with E-state index in [4.69, 9.17) is 0 Å². The Kier molecular flexibility index (Phi) is 2.45. The summed E-state index contributed by atoms with van der Waals surface area (Å²) in [5.41, 5.74) is 6.26. The zero-order valence-corrected chi connectivity index (χ0v) is 11.3. The monoisotopic (exact) mass is 215 g/mol. The summed E-state index contributed by atoms with van der Waals surface area (Å²) in [5, 5.41) is 0. The molecule has 1 aliphatic carbocycles.